The van der Waals surface area contributed by atoms with Gasteiger partial charge in [-0.15, -0.1) is 22.7 Å². The standard InChI is InChI=1S/C18H27N5S2/c1-4-19-18(22-11-17-20-10-14(3)25-17)21-9-13(2)23-7-5-16-15(12-23)6-8-24-16/h6,8,10,13H,4-5,7,9,11-12H2,1-3H3,(H2,19,21,22). The van der Waals surface area contributed by atoms with Crippen molar-refractivity contribution < 1.29 is 0 Å². The van der Waals surface area contributed by atoms with Gasteiger partial charge in [-0.3, -0.25) is 4.90 Å². The molecular weight excluding hydrogens is 350 g/mol. The second-order valence-corrected chi connectivity index (χ2v) is 8.70. The molecule has 3 rings (SSSR count). The Hall–Kier alpha value is -1.44. The molecule has 2 N–H and O–H groups in total. The number of fused-ring (bicyclic) bond motifs is 1. The van der Waals surface area contributed by atoms with Gasteiger partial charge < -0.3 is 10.6 Å². The van der Waals surface area contributed by atoms with Gasteiger partial charge in [0.25, 0.3) is 0 Å². The second-order valence-electron chi connectivity index (χ2n) is 6.38. The lowest BCUT2D eigenvalue weighted by Gasteiger charge is -2.32. The second kappa shape index (κ2) is 8.78. The number of thiophene rings is 1. The maximum absolute atomic E-state index is 4.67. The Morgan fingerprint density at radius 1 is 1.44 bits per heavy atom. The van der Waals surface area contributed by atoms with Crippen molar-refractivity contribution in [3.63, 3.8) is 0 Å². The molecule has 2 aromatic rings. The van der Waals surface area contributed by atoms with E-state index < -0.39 is 0 Å². The van der Waals surface area contributed by atoms with Crippen LogP contribution in [0.25, 0.3) is 0 Å². The maximum Gasteiger partial charge on any atom is 0.191 e. The summed E-state index contributed by atoms with van der Waals surface area (Å²) in [5.74, 6) is 0.871. The first-order valence-corrected chi connectivity index (χ1v) is 10.6. The lowest BCUT2D eigenvalue weighted by molar-refractivity contribution is 0.192. The van der Waals surface area contributed by atoms with Gasteiger partial charge in [0.05, 0.1) is 6.54 Å². The topological polar surface area (TPSA) is 52.6 Å². The van der Waals surface area contributed by atoms with E-state index in [9.17, 15) is 0 Å². The third-order valence-electron chi connectivity index (χ3n) is 4.41. The fraction of sp³-hybridized carbons (Fsp3) is 0.556. The van der Waals surface area contributed by atoms with Crippen LogP contribution in [0, 0.1) is 6.92 Å². The third kappa shape index (κ3) is 5.03. The number of aryl methyl sites for hydroxylation is 1. The monoisotopic (exact) mass is 377 g/mol. The lowest BCUT2D eigenvalue weighted by atomic mass is 10.1. The molecule has 7 heteroatoms. The summed E-state index contributed by atoms with van der Waals surface area (Å²) in [5, 5.41) is 10.1. The van der Waals surface area contributed by atoms with Crippen molar-refractivity contribution in [1.82, 2.24) is 20.5 Å². The molecule has 0 radical (unpaired) electrons. The minimum Gasteiger partial charge on any atom is -0.357 e. The van der Waals surface area contributed by atoms with Crippen LogP contribution in [0.2, 0.25) is 0 Å². The summed E-state index contributed by atoms with van der Waals surface area (Å²) >= 11 is 3.60. The van der Waals surface area contributed by atoms with Crippen molar-refractivity contribution in [3.8, 4) is 0 Å². The highest BCUT2D eigenvalue weighted by molar-refractivity contribution is 7.11. The Bertz CT molecular complexity index is 706. The van der Waals surface area contributed by atoms with Crippen molar-refractivity contribution in [3.05, 3.63) is 38.0 Å². The molecule has 3 heterocycles. The van der Waals surface area contributed by atoms with E-state index in [0.717, 1.165) is 37.1 Å². The Morgan fingerprint density at radius 2 is 2.32 bits per heavy atom. The largest absolute Gasteiger partial charge is 0.357 e. The van der Waals surface area contributed by atoms with Gasteiger partial charge in [0.1, 0.15) is 5.01 Å². The summed E-state index contributed by atoms with van der Waals surface area (Å²) in [6.07, 6.45) is 3.09. The number of aliphatic imine (C=N–C) groups is 1. The zero-order valence-corrected chi connectivity index (χ0v) is 16.8. The van der Waals surface area contributed by atoms with Crippen LogP contribution in [-0.2, 0) is 19.5 Å². The summed E-state index contributed by atoms with van der Waals surface area (Å²) in [4.78, 5) is 14.4. The quantitative estimate of drug-likeness (QED) is 0.600. The SMILES string of the molecule is CCNC(=NCc1ncc(C)s1)NCC(C)N1CCc2sccc2C1. The molecule has 1 aliphatic heterocycles. The molecule has 0 aromatic carbocycles. The van der Waals surface area contributed by atoms with E-state index in [1.807, 2.05) is 17.5 Å². The molecule has 136 valence electrons. The number of rotatable bonds is 6. The molecule has 0 spiro atoms. The molecule has 1 unspecified atom stereocenters. The molecule has 5 nitrogen and oxygen atoms in total. The fourth-order valence-electron chi connectivity index (χ4n) is 2.98. The van der Waals surface area contributed by atoms with Crippen molar-refractivity contribution in [2.24, 2.45) is 4.99 Å². The van der Waals surface area contributed by atoms with Crippen LogP contribution >= 0.6 is 22.7 Å². The van der Waals surface area contributed by atoms with Gasteiger partial charge in [-0.1, -0.05) is 0 Å². The molecule has 0 saturated heterocycles. The average molecular weight is 378 g/mol. The highest BCUT2D eigenvalue weighted by atomic mass is 32.1. The summed E-state index contributed by atoms with van der Waals surface area (Å²) in [6.45, 7) is 11.0. The van der Waals surface area contributed by atoms with E-state index in [2.05, 4.69) is 57.7 Å². The summed E-state index contributed by atoms with van der Waals surface area (Å²) in [7, 11) is 0. The first-order chi connectivity index (χ1) is 12.2. The predicted octanol–water partition coefficient (Wildman–Crippen LogP) is 3.01. The molecule has 1 atom stereocenters. The van der Waals surface area contributed by atoms with Crippen LogP contribution in [-0.4, -0.2) is 41.5 Å². The highest BCUT2D eigenvalue weighted by Crippen LogP contribution is 2.24. The van der Waals surface area contributed by atoms with Gasteiger partial charge in [-0.2, -0.15) is 0 Å². The van der Waals surface area contributed by atoms with Gasteiger partial charge in [0, 0.05) is 48.2 Å². The maximum atomic E-state index is 4.67. The minimum absolute atomic E-state index is 0.471. The van der Waals surface area contributed by atoms with Gasteiger partial charge in [0.15, 0.2) is 5.96 Å². The summed E-state index contributed by atoms with van der Waals surface area (Å²) in [6, 6.07) is 2.74. The Morgan fingerprint density at radius 3 is 3.08 bits per heavy atom. The van der Waals surface area contributed by atoms with E-state index in [1.165, 1.54) is 16.9 Å². The zero-order chi connectivity index (χ0) is 17.6. The molecular formula is C18H27N5S2. The predicted molar refractivity (Wildman–Crippen MR) is 108 cm³/mol. The minimum atomic E-state index is 0.471. The average Bonchev–Trinajstić information content (AvgIpc) is 3.24. The van der Waals surface area contributed by atoms with Crippen molar-refractivity contribution in [1.29, 1.82) is 0 Å². The number of guanidine groups is 1. The number of hydrogen-bond acceptors (Lipinski definition) is 5. The van der Waals surface area contributed by atoms with Crippen LogP contribution in [0.15, 0.2) is 22.6 Å². The molecule has 2 aromatic heterocycles. The van der Waals surface area contributed by atoms with Crippen molar-refractivity contribution in [2.75, 3.05) is 19.6 Å². The van der Waals surface area contributed by atoms with Crippen LogP contribution in [0.1, 0.15) is 34.2 Å². The van der Waals surface area contributed by atoms with Crippen molar-refractivity contribution >= 4 is 28.6 Å². The van der Waals surface area contributed by atoms with Gasteiger partial charge in [-0.05, 0) is 44.2 Å². The number of aromatic nitrogens is 1. The Labute approximate surface area is 158 Å². The Balaban J connectivity index is 1.52. The van der Waals surface area contributed by atoms with E-state index in [-0.39, 0.29) is 0 Å². The number of nitrogens with one attached hydrogen (secondary N) is 2. The molecule has 0 aliphatic carbocycles. The molecule has 1 aliphatic rings. The number of thiazole rings is 1. The lowest BCUT2D eigenvalue weighted by Crippen LogP contribution is -2.47. The first kappa shape index (κ1) is 18.4. The number of nitrogens with zero attached hydrogens (tertiary/aromatic N) is 3. The van der Waals surface area contributed by atoms with Crippen molar-refractivity contribution in [2.45, 2.75) is 46.3 Å². The van der Waals surface area contributed by atoms with Crippen LogP contribution < -0.4 is 10.6 Å². The van der Waals surface area contributed by atoms with Gasteiger partial charge in [0.2, 0.25) is 0 Å². The molecule has 25 heavy (non-hydrogen) atoms. The first-order valence-electron chi connectivity index (χ1n) is 8.88. The zero-order valence-electron chi connectivity index (χ0n) is 15.2. The normalized spacial score (nSPS) is 16.5. The van der Waals surface area contributed by atoms with Crippen LogP contribution in [0.3, 0.4) is 0 Å². The summed E-state index contributed by atoms with van der Waals surface area (Å²) < 4.78 is 0. The third-order valence-corrected chi connectivity index (χ3v) is 6.33. The molecule has 0 fully saturated rings. The summed E-state index contributed by atoms with van der Waals surface area (Å²) in [5.41, 5.74) is 1.50. The molecule has 0 bridgehead atoms. The van der Waals surface area contributed by atoms with Gasteiger partial charge in [-0.25, -0.2) is 9.98 Å². The van der Waals surface area contributed by atoms with E-state index in [0.29, 0.717) is 12.6 Å². The fourth-order valence-corrected chi connectivity index (χ4v) is 4.58. The smallest absolute Gasteiger partial charge is 0.191 e. The molecule has 0 saturated carbocycles. The van der Waals surface area contributed by atoms with Crippen LogP contribution in [0.4, 0.5) is 0 Å². The van der Waals surface area contributed by atoms with Gasteiger partial charge >= 0.3 is 0 Å². The highest BCUT2D eigenvalue weighted by Gasteiger charge is 2.21. The van der Waals surface area contributed by atoms with E-state index in [1.54, 1.807) is 16.2 Å². The van der Waals surface area contributed by atoms with Crippen LogP contribution in [0.5, 0.6) is 0 Å². The molecule has 0 amide bonds. The van der Waals surface area contributed by atoms with E-state index >= 15 is 0 Å². The Kier molecular flexibility index (Phi) is 6.45. The number of hydrogen-bond donors (Lipinski definition) is 2. The van der Waals surface area contributed by atoms with E-state index in [4.69, 9.17) is 0 Å².